The van der Waals surface area contributed by atoms with Crippen LogP contribution in [-0.2, 0) is 0 Å². The molecule has 1 heterocycles. The molecule has 2 nitrogen and oxygen atoms in total. The molecular weight excluding hydrogens is 355 g/mol. The van der Waals surface area contributed by atoms with E-state index in [0.29, 0.717) is 0 Å². The minimum absolute atomic E-state index is 0.933. The first-order chi connectivity index (χ1) is 6.68. The fourth-order valence-electron chi connectivity index (χ4n) is 1.34. The van der Waals surface area contributed by atoms with Crippen LogP contribution in [0.1, 0.15) is 5.56 Å². The van der Waals surface area contributed by atoms with Crippen molar-refractivity contribution < 1.29 is 0 Å². The number of benzene rings is 1. The zero-order valence-electron chi connectivity index (χ0n) is 7.51. The number of halogens is 2. The summed E-state index contributed by atoms with van der Waals surface area (Å²) in [4.78, 5) is 0. The molecule has 0 atom stereocenters. The molecule has 0 aliphatic rings. The molecule has 0 radical (unpaired) electrons. The van der Waals surface area contributed by atoms with Gasteiger partial charge in [-0.15, -0.1) is 0 Å². The number of aryl methyl sites for hydroxylation is 1. The zero-order valence-corrected chi connectivity index (χ0v) is 11.3. The average molecular weight is 363 g/mol. The van der Waals surface area contributed by atoms with Crippen LogP contribution in [0.3, 0.4) is 0 Å². The zero-order chi connectivity index (χ0) is 10.1. The van der Waals surface area contributed by atoms with Gasteiger partial charge in [0.1, 0.15) is 4.60 Å². The number of hydrogen-bond acceptors (Lipinski definition) is 1. The van der Waals surface area contributed by atoms with Gasteiger partial charge in [-0.2, -0.15) is 5.10 Å². The molecule has 2 aromatic rings. The summed E-state index contributed by atoms with van der Waals surface area (Å²) in [5, 5.41) is 6.87. The molecule has 0 aliphatic heterocycles. The van der Waals surface area contributed by atoms with Gasteiger partial charge in [0.05, 0.1) is 6.20 Å². The van der Waals surface area contributed by atoms with Crippen LogP contribution in [0.5, 0.6) is 0 Å². The highest BCUT2D eigenvalue weighted by Crippen LogP contribution is 2.29. The van der Waals surface area contributed by atoms with Crippen LogP contribution in [0.25, 0.3) is 11.1 Å². The lowest BCUT2D eigenvalue weighted by atomic mass is 10.0. The Morgan fingerprint density at radius 2 is 2.14 bits per heavy atom. The lowest BCUT2D eigenvalue weighted by Crippen LogP contribution is -1.83. The van der Waals surface area contributed by atoms with E-state index in [1.54, 1.807) is 0 Å². The maximum Gasteiger partial charge on any atom is 0.108 e. The molecule has 0 fully saturated rings. The predicted molar refractivity (Wildman–Crippen MR) is 69.2 cm³/mol. The largest absolute Gasteiger partial charge is 0.271 e. The van der Waals surface area contributed by atoms with Crippen molar-refractivity contribution in [2.45, 2.75) is 6.92 Å². The Morgan fingerprint density at radius 3 is 2.79 bits per heavy atom. The van der Waals surface area contributed by atoms with E-state index in [9.17, 15) is 0 Å². The first-order valence-corrected chi connectivity index (χ1v) is 6.01. The normalized spacial score (nSPS) is 10.5. The van der Waals surface area contributed by atoms with Gasteiger partial charge in [0, 0.05) is 9.13 Å². The molecule has 0 unspecified atom stereocenters. The summed E-state index contributed by atoms with van der Waals surface area (Å²) < 4.78 is 2.17. The summed E-state index contributed by atoms with van der Waals surface area (Å²) >= 11 is 5.75. The molecule has 0 amide bonds. The molecule has 1 aromatic heterocycles. The van der Waals surface area contributed by atoms with Gasteiger partial charge in [0.15, 0.2) is 0 Å². The first-order valence-electron chi connectivity index (χ1n) is 4.14. The second-order valence-electron chi connectivity index (χ2n) is 3.06. The summed E-state index contributed by atoms with van der Waals surface area (Å²) in [5.41, 5.74) is 3.59. The van der Waals surface area contributed by atoms with E-state index < -0.39 is 0 Å². The summed E-state index contributed by atoms with van der Waals surface area (Å²) in [5.74, 6) is 0. The summed E-state index contributed by atoms with van der Waals surface area (Å²) in [6.45, 7) is 2.10. The Morgan fingerprint density at radius 1 is 1.36 bits per heavy atom. The van der Waals surface area contributed by atoms with Crippen molar-refractivity contribution in [1.29, 1.82) is 0 Å². The van der Waals surface area contributed by atoms with Gasteiger partial charge in [-0.3, -0.25) is 5.10 Å². The number of H-pyrrole nitrogens is 1. The average Bonchev–Trinajstić information content (AvgIpc) is 2.56. The van der Waals surface area contributed by atoms with E-state index in [0.717, 1.165) is 10.2 Å². The van der Waals surface area contributed by atoms with Crippen LogP contribution in [0.2, 0.25) is 0 Å². The second-order valence-corrected chi connectivity index (χ2v) is 5.10. The lowest BCUT2D eigenvalue weighted by molar-refractivity contribution is 1.07. The highest BCUT2D eigenvalue weighted by molar-refractivity contribution is 14.1. The second kappa shape index (κ2) is 4.02. The smallest absolute Gasteiger partial charge is 0.108 e. The third kappa shape index (κ3) is 1.86. The van der Waals surface area contributed by atoms with Gasteiger partial charge in [-0.25, -0.2) is 0 Å². The van der Waals surface area contributed by atoms with Crippen LogP contribution in [0, 0.1) is 10.5 Å². The number of rotatable bonds is 1. The Balaban J connectivity index is 2.62. The van der Waals surface area contributed by atoms with Gasteiger partial charge in [-0.05, 0) is 68.7 Å². The SMILES string of the molecule is Cc1ccc(I)cc1-c1cn[nH]c1Br. The van der Waals surface area contributed by atoms with Crippen molar-refractivity contribution in [3.63, 3.8) is 0 Å². The van der Waals surface area contributed by atoms with Crippen LogP contribution in [-0.4, -0.2) is 10.2 Å². The molecule has 0 saturated carbocycles. The van der Waals surface area contributed by atoms with E-state index in [2.05, 4.69) is 73.8 Å². The molecule has 4 heteroatoms. The van der Waals surface area contributed by atoms with Crippen LogP contribution >= 0.6 is 38.5 Å². The van der Waals surface area contributed by atoms with Gasteiger partial charge < -0.3 is 0 Å². The molecule has 72 valence electrons. The van der Waals surface area contributed by atoms with Crippen LogP contribution < -0.4 is 0 Å². The highest BCUT2D eigenvalue weighted by Gasteiger charge is 2.07. The van der Waals surface area contributed by atoms with Crippen molar-refractivity contribution in [2.24, 2.45) is 0 Å². The van der Waals surface area contributed by atoms with E-state index >= 15 is 0 Å². The summed E-state index contributed by atoms with van der Waals surface area (Å²) in [6, 6.07) is 6.38. The lowest BCUT2D eigenvalue weighted by Gasteiger charge is -2.04. The molecule has 1 aromatic carbocycles. The Labute approximate surface area is 104 Å². The van der Waals surface area contributed by atoms with E-state index in [-0.39, 0.29) is 0 Å². The minimum Gasteiger partial charge on any atom is -0.271 e. The molecular formula is C10H8BrIN2. The quantitative estimate of drug-likeness (QED) is 0.769. The molecule has 2 rings (SSSR count). The fourth-order valence-corrected chi connectivity index (χ4v) is 2.25. The molecule has 0 aliphatic carbocycles. The topological polar surface area (TPSA) is 28.7 Å². The number of nitrogens with zero attached hydrogens (tertiary/aromatic N) is 1. The number of aromatic nitrogens is 2. The third-order valence-electron chi connectivity index (χ3n) is 2.08. The number of hydrogen-bond donors (Lipinski definition) is 1. The number of nitrogens with one attached hydrogen (secondary N) is 1. The molecule has 14 heavy (non-hydrogen) atoms. The van der Waals surface area contributed by atoms with Gasteiger partial charge in [-0.1, -0.05) is 6.07 Å². The first kappa shape index (κ1) is 10.2. The van der Waals surface area contributed by atoms with Crippen molar-refractivity contribution in [2.75, 3.05) is 0 Å². The summed E-state index contributed by atoms with van der Waals surface area (Å²) in [6.07, 6.45) is 1.84. The van der Waals surface area contributed by atoms with Gasteiger partial charge in [0.25, 0.3) is 0 Å². The highest BCUT2D eigenvalue weighted by atomic mass is 127. The maximum absolute atomic E-state index is 3.99. The Hall–Kier alpha value is -0.360. The van der Waals surface area contributed by atoms with E-state index in [4.69, 9.17) is 0 Å². The maximum atomic E-state index is 3.99. The molecule has 0 spiro atoms. The molecule has 0 bridgehead atoms. The van der Waals surface area contributed by atoms with Gasteiger partial charge in [0.2, 0.25) is 0 Å². The van der Waals surface area contributed by atoms with Crippen molar-refractivity contribution >= 4 is 38.5 Å². The van der Waals surface area contributed by atoms with E-state index in [1.165, 1.54) is 14.7 Å². The third-order valence-corrected chi connectivity index (χ3v) is 3.36. The summed E-state index contributed by atoms with van der Waals surface area (Å²) in [7, 11) is 0. The molecule has 0 saturated heterocycles. The van der Waals surface area contributed by atoms with Crippen LogP contribution in [0.15, 0.2) is 29.0 Å². The standard InChI is InChI=1S/C10H8BrIN2/c1-6-2-3-7(12)4-8(6)9-5-13-14-10(9)11/h2-5H,1H3,(H,13,14). The number of aromatic amines is 1. The monoisotopic (exact) mass is 362 g/mol. The van der Waals surface area contributed by atoms with Gasteiger partial charge >= 0.3 is 0 Å². The Kier molecular flexibility index (Phi) is 2.92. The van der Waals surface area contributed by atoms with E-state index in [1.807, 2.05) is 6.20 Å². The van der Waals surface area contributed by atoms with Crippen molar-refractivity contribution in [1.82, 2.24) is 10.2 Å². The predicted octanol–water partition coefficient (Wildman–Crippen LogP) is 3.75. The minimum atomic E-state index is 0.933. The van der Waals surface area contributed by atoms with Crippen LogP contribution in [0.4, 0.5) is 0 Å². The van der Waals surface area contributed by atoms with Crippen molar-refractivity contribution in [3.05, 3.63) is 38.1 Å². The fraction of sp³-hybridized carbons (Fsp3) is 0.100. The Bertz CT molecular complexity index is 465. The van der Waals surface area contributed by atoms with Crippen molar-refractivity contribution in [3.8, 4) is 11.1 Å². The molecule has 1 N–H and O–H groups in total.